The van der Waals surface area contributed by atoms with Crippen LogP contribution in [0.4, 0.5) is 10.5 Å². The van der Waals surface area contributed by atoms with Gasteiger partial charge in [-0.25, -0.2) is 4.79 Å². The van der Waals surface area contributed by atoms with Crippen LogP contribution >= 0.6 is 27.5 Å². The van der Waals surface area contributed by atoms with Crippen molar-refractivity contribution in [2.75, 3.05) is 44.2 Å². The van der Waals surface area contributed by atoms with Gasteiger partial charge < -0.3 is 29.4 Å². The molecule has 2 aliphatic heterocycles. The lowest BCUT2D eigenvalue weighted by Gasteiger charge is -2.38. The summed E-state index contributed by atoms with van der Waals surface area (Å²) in [5.74, 6) is 0.367. The standard InChI is InChI=1S/C31H38BrClN4O5/c1-31(2,29(39)34-12-14-35(15-13-34)30(40)41)42-27-17-24(33)16-26(18-27)36-11-3-4-22(20-36)28(38)37(25-9-10-25)19-21-5-7-23(32)8-6-21/h5-8,16-18,22,25H,3-4,9-15,19-20H2,1-2H3,(H,40,41)/t22-/m1/s1. The molecule has 226 valence electrons. The molecule has 0 bridgehead atoms. The molecule has 2 aromatic carbocycles. The van der Waals surface area contributed by atoms with Crippen LogP contribution in [0.25, 0.3) is 0 Å². The van der Waals surface area contributed by atoms with E-state index in [1.165, 1.54) is 4.90 Å². The van der Waals surface area contributed by atoms with Gasteiger partial charge in [0, 0.05) is 73.1 Å². The average molecular weight is 662 g/mol. The number of hydrogen-bond donors (Lipinski definition) is 1. The molecule has 3 aliphatic rings. The summed E-state index contributed by atoms with van der Waals surface area (Å²) in [5.41, 5.74) is 0.814. The quantitative estimate of drug-likeness (QED) is 0.402. The number of piperazine rings is 1. The summed E-state index contributed by atoms with van der Waals surface area (Å²) in [4.78, 5) is 45.5. The van der Waals surface area contributed by atoms with Crippen molar-refractivity contribution in [3.8, 4) is 5.75 Å². The Bertz CT molecular complexity index is 1310. The average Bonchev–Trinajstić information content (AvgIpc) is 3.81. The van der Waals surface area contributed by atoms with Gasteiger partial charge in [-0.2, -0.15) is 0 Å². The lowest BCUT2D eigenvalue weighted by atomic mass is 9.95. The van der Waals surface area contributed by atoms with Crippen LogP contribution < -0.4 is 9.64 Å². The van der Waals surface area contributed by atoms with E-state index < -0.39 is 11.7 Å². The van der Waals surface area contributed by atoms with Crippen molar-refractivity contribution >= 4 is 51.1 Å². The molecule has 0 radical (unpaired) electrons. The molecule has 1 aliphatic carbocycles. The lowest BCUT2D eigenvalue weighted by Crippen LogP contribution is -2.56. The molecule has 9 nitrogen and oxygen atoms in total. The number of carbonyl (C=O) groups is 3. The number of hydrogen-bond acceptors (Lipinski definition) is 5. The first-order chi connectivity index (χ1) is 20.0. The maximum atomic E-state index is 13.8. The number of halogens is 2. The number of rotatable bonds is 8. The Labute approximate surface area is 260 Å². The van der Waals surface area contributed by atoms with Crippen molar-refractivity contribution in [1.82, 2.24) is 14.7 Å². The Kier molecular flexibility index (Phi) is 9.23. The summed E-state index contributed by atoms with van der Waals surface area (Å²) < 4.78 is 7.24. The van der Waals surface area contributed by atoms with Crippen molar-refractivity contribution in [2.24, 2.45) is 5.92 Å². The van der Waals surface area contributed by atoms with Crippen LogP contribution in [0.1, 0.15) is 45.1 Å². The molecule has 3 amide bonds. The molecule has 1 saturated carbocycles. The van der Waals surface area contributed by atoms with Gasteiger partial charge in [0.25, 0.3) is 5.91 Å². The Balaban J connectivity index is 1.25. The molecular weight excluding hydrogens is 624 g/mol. The van der Waals surface area contributed by atoms with Crippen LogP contribution in [0.15, 0.2) is 46.9 Å². The van der Waals surface area contributed by atoms with Gasteiger partial charge in [0.05, 0.1) is 5.92 Å². The zero-order valence-electron chi connectivity index (χ0n) is 24.1. The predicted molar refractivity (Wildman–Crippen MR) is 165 cm³/mol. The molecule has 3 fully saturated rings. The second-order valence-corrected chi connectivity index (χ2v) is 13.3. The normalized spacial score (nSPS) is 19.4. The van der Waals surface area contributed by atoms with E-state index in [0.717, 1.165) is 48.0 Å². The van der Waals surface area contributed by atoms with E-state index in [-0.39, 0.29) is 30.8 Å². The van der Waals surface area contributed by atoms with E-state index in [1.807, 2.05) is 24.3 Å². The fourth-order valence-electron chi connectivity index (χ4n) is 5.82. The minimum absolute atomic E-state index is 0.111. The van der Waals surface area contributed by atoms with Crippen molar-refractivity contribution in [1.29, 1.82) is 0 Å². The number of nitrogens with zero attached hydrogens (tertiary/aromatic N) is 4. The molecule has 42 heavy (non-hydrogen) atoms. The monoisotopic (exact) mass is 660 g/mol. The van der Waals surface area contributed by atoms with Gasteiger partial charge in [-0.05, 0) is 69.4 Å². The number of benzene rings is 2. The smallest absolute Gasteiger partial charge is 0.407 e. The zero-order chi connectivity index (χ0) is 30.0. The van der Waals surface area contributed by atoms with E-state index >= 15 is 0 Å². The van der Waals surface area contributed by atoms with Crippen LogP contribution in [0.5, 0.6) is 5.75 Å². The van der Waals surface area contributed by atoms with Gasteiger partial charge in [-0.1, -0.05) is 39.7 Å². The van der Waals surface area contributed by atoms with E-state index in [4.69, 9.17) is 16.3 Å². The van der Waals surface area contributed by atoms with Crippen molar-refractivity contribution in [2.45, 2.75) is 57.7 Å². The topological polar surface area (TPSA) is 93.6 Å². The summed E-state index contributed by atoms with van der Waals surface area (Å²) in [7, 11) is 0. The zero-order valence-corrected chi connectivity index (χ0v) is 26.4. The van der Waals surface area contributed by atoms with Gasteiger partial charge in [-0.3, -0.25) is 9.59 Å². The number of carboxylic acid groups (broad SMARTS) is 1. The van der Waals surface area contributed by atoms with E-state index in [0.29, 0.717) is 43.0 Å². The first-order valence-electron chi connectivity index (χ1n) is 14.6. The Hall–Kier alpha value is -2.98. The van der Waals surface area contributed by atoms with Crippen molar-refractivity contribution < 1.29 is 24.2 Å². The van der Waals surface area contributed by atoms with E-state index in [2.05, 4.69) is 37.9 Å². The molecule has 1 atom stereocenters. The van der Waals surface area contributed by atoms with Gasteiger partial charge in [0.2, 0.25) is 5.91 Å². The fraction of sp³-hybridized carbons (Fsp3) is 0.516. The van der Waals surface area contributed by atoms with Crippen LogP contribution in [-0.4, -0.2) is 88.6 Å². The molecule has 2 aromatic rings. The minimum Gasteiger partial charge on any atom is -0.478 e. The Morgan fingerprint density at radius 2 is 1.67 bits per heavy atom. The molecule has 11 heteroatoms. The summed E-state index contributed by atoms with van der Waals surface area (Å²) in [6.45, 7) is 6.64. The third-order valence-corrected chi connectivity index (χ3v) is 9.00. The highest BCUT2D eigenvalue weighted by Gasteiger charge is 2.38. The molecule has 1 N–H and O–H groups in total. The number of anilines is 1. The fourth-order valence-corrected chi connectivity index (χ4v) is 6.30. The highest BCUT2D eigenvalue weighted by atomic mass is 79.9. The summed E-state index contributed by atoms with van der Waals surface area (Å²) in [6, 6.07) is 13.9. The number of amides is 3. The van der Waals surface area contributed by atoms with Crippen molar-refractivity contribution in [3.05, 3.63) is 57.5 Å². The summed E-state index contributed by atoms with van der Waals surface area (Å²) >= 11 is 10.0. The molecular formula is C31H38BrClN4O5. The minimum atomic E-state index is -1.18. The molecule has 2 saturated heterocycles. The van der Waals surface area contributed by atoms with Gasteiger partial charge in [0.15, 0.2) is 5.60 Å². The van der Waals surface area contributed by atoms with E-state index in [1.54, 1.807) is 24.8 Å². The molecule has 0 unspecified atom stereocenters. The molecule has 0 spiro atoms. The summed E-state index contributed by atoms with van der Waals surface area (Å²) in [5, 5.41) is 9.70. The number of carbonyl (C=O) groups excluding carboxylic acids is 2. The van der Waals surface area contributed by atoms with Crippen LogP contribution in [0, 0.1) is 5.92 Å². The summed E-state index contributed by atoms with van der Waals surface area (Å²) in [6.07, 6.45) is 2.87. The third-order valence-electron chi connectivity index (χ3n) is 8.25. The van der Waals surface area contributed by atoms with Crippen molar-refractivity contribution in [3.63, 3.8) is 0 Å². The number of ether oxygens (including phenoxy) is 1. The largest absolute Gasteiger partial charge is 0.478 e. The molecule has 2 heterocycles. The second kappa shape index (κ2) is 12.7. The Morgan fingerprint density at radius 3 is 2.31 bits per heavy atom. The highest BCUT2D eigenvalue weighted by Crippen LogP contribution is 2.35. The highest BCUT2D eigenvalue weighted by molar-refractivity contribution is 9.10. The van der Waals surface area contributed by atoms with Crippen LogP contribution in [0.2, 0.25) is 5.02 Å². The lowest BCUT2D eigenvalue weighted by molar-refractivity contribution is -0.147. The Morgan fingerprint density at radius 1 is 1.00 bits per heavy atom. The van der Waals surface area contributed by atoms with Gasteiger partial charge in [0.1, 0.15) is 5.75 Å². The molecule has 0 aromatic heterocycles. The predicted octanol–water partition coefficient (Wildman–Crippen LogP) is 5.49. The second-order valence-electron chi connectivity index (χ2n) is 11.9. The van der Waals surface area contributed by atoms with E-state index in [9.17, 15) is 19.5 Å². The third kappa shape index (κ3) is 7.32. The first-order valence-corrected chi connectivity index (χ1v) is 15.7. The molecule has 5 rings (SSSR count). The maximum Gasteiger partial charge on any atom is 0.407 e. The first kappa shape index (κ1) is 30.5. The van der Waals surface area contributed by atoms with Crippen LogP contribution in [-0.2, 0) is 16.1 Å². The van der Waals surface area contributed by atoms with Gasteiger partial charge in [-0.15, -0.1) is 0 Å². The maximum absolute atomic E-state index is 13.8. The SMILES string of the molecule is CC(C)(Oc1cc(Cl)cc(N2CCC[C@@H](C(=O)N(Cc3ccc(Br)cc3)C3CC3)C2)c1)C(=O)N1CCN(C(=O)O)CC1. The number of piperidine rings is 1. The van der Waals surface area contributed by atoms with Gasteiger partial charge >= 0.3 is 6.09 Å². The van der Waals surface area contributed by atoms with Crippen LogP contribution in [0.3, 0.4) is 0 Å².